The molecule has 0 aliphatic carbocycles. The van der Waals surface area contributed by atoms with E-state index < -0.39 is 5.79 Å². The number of amides is 2. The van der Waals surface area contributed by atoms with Crippen molar-refractivity contribution in [3.63, 3.8) is 0 Å². The number of aliphatic hydroxyl groups is 2. The number of carbonyl (C=O) groups is 2. The van der Waals surface area contributed by atoms with Crippen LogP contribution in [0.2, 0.25) is 5.02 Å². The van der Waals surface area contributed by atoms with Gasteiger partial charge in [0.25, 0.3) is 11.8 Å². The minimum Gasteiger partial charge on any atom is -0.376 e. The van der Waals surface area contributed by atoms with E-state index in [-0.39, 0.29) is 29.7 Å². The number of benzene rings is 2. The van der Waals surface area contributed by atoms with Crippen LogP contribution in [0, 0.1) is 11.7 Å². The zero-order chi connectivity index (χ0) is 23.7. The molecule has 9 heteroatoms. The molecule has 0 saturated carbocycles. The molecule has 0 radical (unpaired) electrons. The van der Waals surface area contributed by atoms with Crippen LogP contribution in [0.1, 0.15) is 41.0 Å². The Kier molecular flexibility index (Phi) is 9.59. The second kappa shape index (κ2) is 11.9. The van der Waals surface area contributed by atoms with Crippen molar-refractivity contribution in [3.05, 3.63) is 70.5 Å². The van der Waals surface area contributed by atoms with Crippen LogP contribution in [0.3, 0.4) is 0 Å². The molecule has 0 aromatic heterocycles. The first-order chi connectivity index (χ1) is 15.0. The predicted molar refractivity (Wildman–Crippen MR) is 119 cm³/mol. The fourth-order valence-corrected chi connectivity index (χ4v) is 3.17. The molecule has 3 rings (SSSR count). The molecule has 2 atom stereocenters. The second-order valence-corrected chi connectivity index (χ2v) is 8.37. The topological polar surface area (TPSA) is 108 Å². The van der Waals surface area contributed by atoms with E-state index in [0.717, 1.165) is 6.42 Å². The highest BCUT2D eigenvalue weighted by molar-refractivity contribution is 6.33. The van der Waals surface area contributed by atoms with Crippen LogP contribution in [-0.2, 0) is 4.74 Å². The number of hydrogen-bond acceptors (Lipinski definition) is 5. The molecule has 2 unspecified atom stereocenters. The largest absolute Gasteiger partial charge is 0.376 e. The SMILES string of the molecule is CC(C)(O)O.O=C(NCC1COC(CNC(=O)c2ccccc2Cl)C1)c1ccc(F)cc1. The van der Waals surface area contributed by atoms with Crippen LogP contribution >= 0.6 is 11.6 Å². The van der Waals surface area contributed by atoms with Gasteiger partial charge in [-0.05, 0) is 56.7 Å². The summed E-state index contributed by atoms with van der Waals surface area (Å²) in [6.07, 6.45) is 0.621. The van der Waals surface area contributed by atoms with Gasteiger partial charge in [-0.2, -0.15) is 0 Å². The Morgan fingerprint density at radius 3 is 2.28 bits per heavy atom. The number of nitrogens with one attached hydrogen (secondary N) is 2. The Morgan fingerprint density at radius 2 is 1.66 bits per heavy atom. The van der Waals surface area contributed by atoms with Gasteiger partial charge in [-0.1, -0.05) is 23.7 Å². The Labute approximate surface area is 191 Å². The van der Waals surface area contributed by atoms with Crippen molar-refractivity contribution < 1.29 is 28.9 Å². The van der Waals surface area contributed by atoms with Crippen LogP contribution in [0.5, 0.6) is 0 Å². The molecule has 2 aromatic rings. The number of halogens is 2. The first-order valence-electron chi connectivity index (χ1n) is 10.2. The van der Waals surface area contributed by atoms with Crippen LogP contribution < -0.4 is 10.6 Å². The number of rotatable bonds is 6. The van der Waals surface area contributed by atoms with Gasteiger partial charge in [0.05, 0.1) is 23.3 Å². The minimum atomic E-state index is -1.50. The quantitative estimate of drug-likeness (QED) is 0.490. The first kappa shape index (κ1) is 25.7. The van der Waals surface area contributed by atoms with Gasteiger partial charge in [0.2, 0.25) is 0 Å². The molecule has 0 bridgehead atoms. The van der Waals surface area contributed by atoms with E-state index in [1.807, 2.05) is 0 Å². The summed E-state index contributed by atoms with van der Waals surface area (Å²) in [5.74, 6) is -2.20. The Balaban J connectivity index is 0.000000654. The summed E-state index contributed by atoms with van der Waals surface area (Å²) in [4.78, 5) is 24.2. The van der Waals surface area contributed by atoms with Gasteiger partial charge in [-0.25, -0.2) is 4.39 Å². The van der Waals surface area contributed by atoms with Crippen molar-refractivity contribution in [2.24, 2.45) is 5.92 Å². The van der Waals surface area contributed by atoms with Crippen molar-refractivity contribution in [3.8, 4) is 0 Å². The lowest BCUT2D eigenvalue weighted by Gasteiger charge is -2.12. The number of hydrogen-bond donors (Lipinski definition) is 4. The molecule has 1 aliphatic rings. The molecule has 32 heavy (non-hydrogen) atoms. The number of ether oxygens (including phenoxy) is 1. The summed E-state index contributed by atoms with van der Waals surface area (Å²) in [5, 5.41) is 22.2. The summed E-state index contributed by atoms with van der Waals surface area (Å²) < 4.78 is 18.6. The van der Waals surface area contributed by atoms with E-state index in [4.69, 9.17) is 26.6 Å². The Morgan fingerprint density at radius 1 is 1.06 bits per heavy atom. The molecular formula is C23H28ClFN2O5. The highest BCUT2D eigenvalue weighted by atomic mass is 35.5. The van der Waals surface area contributed by atoms with E-state index in [1.54, 1.807) is 24.3 Å². The minimum absolute atomic E-state index is 0.107. The Bertz CT molecular complexity index is 896. The molecule has 4 N–H and O–H groups in total. The van der Waals surface area contributed by atoms with Gasteiger partial charge >= 0.3 is 0 Å². The molecule has 1 aliphatic heterocycles. The van der Waals surface area contributed by atoms with E-state index in [2.05, 4.69) is 10.6 Å². The monoisotopic (exact) mass is 466 g/mol. The molecular weight excluding hydrogens is 439 g/mol. The molecule has 1 heterocycles. The maximum absolute atomic E-state index is 12.9. The van der Waals surface area contributed by atoms with Crippen LogP contribution in [-0.4, -0.2) is 53.6 Å². The van der Waals surface area contributed by atoms with Crippen molar-refractivity contribution in [1.29, 1.82) is 0 Å². The normalized spacial score (nSPS) is 17.8. The van der Waals surface area contributed by atoms with Gasteiger partial charge in [-0.15, -0.1) is 0 Å². The average Bonchev–Trinajstić information content (AvgIpc) is 3.18. The molecule has 2 amide bonds. The fraction of sp³-hybridized carbons (Fsp3) is 0.391. The lowest BCUT2D eigenvalue weighted by Crippen LogP contribution is -2.32. The van der Waals surface area contributed by atoms with Crippen LogP contribution in [0.25, 0.3) is 0 Å². The summed E-state index contributed by atoms with van der Waals surface area (Å²) in [6, 6.07) is 12.3. The lowest BCUT2D eigenvalue weighted by atomic mass is 10.1. The number of carbonyl (C=O) groups excluding carboxylic acids is 2. The third-order valence-corrected chi connectivity index (χ3v) is 4.76. The first-order valence-corrected chi connectivity index (χ1v) is 10.5. The van der Waals surface area contributed by atoms with E-state index in [1.165, 1.54) is 38.1 Å². The third kappa shape index (κ3) is 9.32. The molecule has 1 fully saturated rings. The maximum atomic E-state index is 12.9. The second-order valence-electron chi connectivity index (χ2n) is 7.96. The van der Waals surface area contributed by atoms with Gasteiger partial charge in [0.15, 0.2) is 5.79 Å². The Hall–Kier alpha value is -2.52. The summed E-state index contributed by atoms with van der Waals surface area (Å²) in [5.41, 5.74) is 0.846. The van der Waals surface area contributed by atoms with Crippen molar-refractivity contribution in [1.82, 2.24) is 10.6 Å². The summed E-state index contributed by atoms with van der Waals surface area (Å²) >= 11 is 6.01. The van der Waals surface area contributed by atoms with Crippen molar-refractivity contribution in [2.75, 3.05) is 19.7 Å². The summed E-state index contributed by atoms with van der Waals surface area (Å²) in [7, 11) is 0. The smallest absolute Gasteiger partial charge is 0.252 e. The third-order valence-electron chi connectivity index (χ3n) is 4.43. The fourth-order valence-electron chi connectivity index (χ4n) is 2.95. The van der Waals surface area contributed by atoms with Crippen molar-refractivity contribution >= 4 is 23.4 Å². The van der Waals surface area contributed by atoms with Gasteiger partial charge in [0, 0.05) is 24.6 Å². The molecule has 0 spiro atoms. The highest BCUT2D eigenvalue weighted by Gasteiger charge is 2.26. The van der Waals surface area contributed by atoms with E-state index >= 15 is 0 Å². The molecule has 174 valence electrons. The maximum Gasteiger partial charge on any atom is 0.252 e. The zero-order valence-corrected chi connectivity index (χ0v) is 18.7. The van der Waals surface area contributed by atoms with Gasteiger partial charge < -0.3 is 25.6 Å². The van der Waals surface area contributed by atoms with Crippen LogP contribution in [0.15, 0.2) is 48.5 Å². The van der Waals surface area contributed by atoms with Crippen molar-refractivity contribution in [2.45, 2.75) is 32.2 Å². The van der Waals surface area contributed by atoms with Gasteiger partial charge in [-0.3, -0.25) is 9.59 Å². The zero-order valence-electron chi connectivity index (χ0n) is 18.0. The molecule has 1 saturated heterocycles. The molecule has 7 nitrogen and oxygen atoms in total. The standard InChI is InChI=1S/C20H20ClFN2O3.C3H8O2/c21-18-4-2-1-3-17(18)20(26)24-11-16-9-13(12-27-16)10-23-19(25)14-5-7-15(22)8-6-14;1-3(2,4)5/h1-8,13,16H,9-12H2,(H,23,25)(H,24,26);4-5H,1-2H3. The average molecular weight is 467 g/mol. The van der Waals surface area contributed by atoms with E-state index in [0.29, 0.717) is 35.8 Å². The molecule has 2 aromatic carbocycles. The van der Waals surface area contributed by atoms with Gasteiger partial charge in [0.1, 0.15) is 5.82 Å². The van der Waals surface area contributed by atoms with Crippen LogP contribution in [0.4, 0.5) is 4.39 Å². The summed E-state index contributed by atoms with van der Waals surface area (Å²) in [6.45, 7) is 3.95. The predicted octanol–water partition coefficient (Wildman–Crippen LogP) is 2.75. The van der Waals surface area contributed by atoms with E-state index in [9.17, 15) is 14.0 Å². The lowest BCUT2D eigenvalue weighted by molar-refractivity contribution is -0.127. The highest BCUT2D eigenvalue weighted by Crippen LogP contribution is 2.19.